The number of aliphatic hydroxyl groups excluding tert-OH is 1. The van der Waals surface area contributed by atoms with Crippen LogP contribution in [0, 0.1) is 0 Å². The average molecular weight is 386 g/mol. The molecule has 2 atom stereocenters. The van der Waals surface area contributed by atoms with Gasteiger partial charge in [-0.3, -0.25) is 9.78 Å². The molecule has 7 heteroatoms. The fourth-order valence-corrected chi connectivity index (χ4v) is 3.87. The molecule has 1 fully saturated rings. The largest absolute Gasteiger partial charge is 0.493 e. The summed E-state index contributed by atoms with van der Waals surface area (Å²) in [5.41, 5.74) is 0.987. The molecule has 150 valence electrons. The van der Waals surface area contributed by atoms with E-state index < -0.39 is 6.04 Å². The number of ether oxygens (including phenoxy) is 3. The van der Waals surface area contributed by atoms with Crippen molar-refractivity contribution in [2.24, 2.45) is 0 Å². The van der Waals surface area contributed by atoms with E-state index >= 15 is 0 Å². The van der Waals surface area contributed by atoms with Crippen LogP contribution in [-0.4, -0.2) is 56.4 Å². The molecule has 1 aromatic heterocycles. The molecule has 0 amide bonds. The highest BCUT2D eigenvalue weighted by Gasteiger charge is 2.43. The normalized spacial score (nSPS) is 21.4. The summed E-state index contributed by atoms with van der Waals surface area (Å²) in [5.74, 6) is 1.27. The first-order valence-electron chi connectivity index (χ1n) is 9.18. The lowest BCUT2D eigenvalue weighted by Gasteiger charge is -2.27. The topological polar surface area (TPSA) is 89.9 Å². The highest BCUT2D eigenvalue weighted by atomic mass is 16.5. The number of carbonyl (C=O) groups excluding carboxylic acids is 1. The van der Waals surface area contributed by atoms with Crippen molar-refractivity contribution in [3.05, 3.63) is 47.8 Å². The Labute approximate surface area is 164 Å². The fraction of sp³-hybridized carbons (Fsp3) is 0.429. The van der Waals surface area contributed by atoms with Crippen molar-refractivity contribution in [1.82, 2.24) is 10.3 Å². The Morgan fingerprint density at radius 1 is 1.21 bits per heavy atom. The molecule has 28 heavy (non-hydrogen) atoms. The van der Waals surface area contributed by atoms with E-state index in [1.807, 2.05) is 18.2 Å². The molecule has 0 aliphatic carbocycles. The van der Waals surface area contributed by atoms with Gasteiger partial charge in [-0.1, -0.05) is 6.07 Å². The van der Waals surface area contributed by atoms with Gasteiger partial charge in [-0.15, -0.1) is 0 Å². The van der Waals surface area contributed by atoms with Gasteiger partial charge in [0.15, 0.2) is 17.3 Å². The average Bonchev–Trinajstić information content (AvgIpc) is 3.18. The van der Waals surface area contributed by atoms with Gasteiger partial charge >= 0.3 is 0 Å². The Balaban J connectivity index is 1.90. The summed E-state index contributed by atoms with van der Waals surface area (Å²) in [6.45, 7) is 0.606. The molecule has 7 nitrogen and oxygen atoms in total. The Bertz CT molecular complexity index is 802. The Hall–Kier alpha value is -2.64. The second kappa shape index (κ2) is 8.58. The maximum absolute atomic E-state index is 13.2. The minimum atomic E-state index is -0.392. The third kappa shape index (κ3) is 3.68. The van der Waals surface area contributed by atoms with Crippen LogP contribution < -0.4 is 19.5 Å². The number of Topliss-reactive ketones (excluding diaryl/α,β-unsaturated/α-hetero) is 1. The van der Waals surface area contributed by atoms with Gasteiger partial charge in [-0.25, -0.2) is 0 Å². The van der Waals surface area contributed by atoms with E-state index in [4.69, 9.17) is 14.2 Å². The van der Waals surface area contributed by atoms with Gasteiger partial charge in [0.25, 0.3) is 0 Å². The molecule has 0 bridgehead atoms. The Morgan fingerprint density at radius 2 is 1.93 bits per heavy atom. The molecule has 1 aliphatic heterocycles. The summed E-state index contributed by atoms with van der Waals surface area (Å²) < 4.78 is 16.0. The van der Waals surface area contributed by atoms with E-state index in [1.165, 1.54) is 21.3 Å². The van der Waals surface area contributed by atoms with Crippen LogP contribution in [-0.2, 0) is 5.41 Å². The molecule has 0 saturated carbocycles. The quantitative estimate of drug-likeness (QED) is 0.671. The van der Waals surface area contributed by atoms with Crippen LogP contribution in [0.15, 0.2) is 36.5 Å². The number of benzene rings is 1. The number of carbonyl (C=O) groups is 1. The van der Waals surface area contributed by atoms with Gasteiger partial charge in [0.05, 0.1) is 27.4 Å². The first-order chi connectivity index (χ1) is 13.6. The minimum Gasteiger partial charge on any atom is -0.493 e. The molecule has 0 spiro atoms. The summed E-state index contributed by atoms with van der Waals surface area (Å²) >= 11 is 0. The van der Waals surface area contributed by atoms with Crippen molar-refractivity contribution in [2.45, 2.75) is 24.3 Å². The number of hydrogen-bond donors (Lipinski definition) is 2. The Morgan fingerprint density at radius 3 is 2.46 bits per heavy atom. The third-order valence-corrected chi connectivity index (χ3v) is 5.35. The zero-order chi connectivity index (χ0) is 20.1. The number of nitrogens with one attached hydrogen (secondary N) is 1. The lowest BCUT2D eigenvalue weighted by molar-refractivity contribution is 0.0947. The number of hydrogen-bond acceptors (Lipinski definition) is 7. The van der Waals surface area contributed by atoms with Crippen LogP contribution in [0.2, 0.25) is 0 Å². The lowest BCUT2D eigenvalue weighted by Crippen LogP contribution is -2.31. The zero-order valence-corrected chi connectivity index (χ0v) is 16.4. The first-order valence-corrected chi connectivity index (χ1v) is 9.18. The van der Waals surface area contributed by atoms with E-state index in [0.717, 1.165) is 5.69 Å². The summed E-state index contributed by atoms with van der Waals surface area (Å²) in [5, 5.41) is 12.9. The van der Waals surface area contributed by atoms with Crippen LogP contribution in [0.1, 0.15) is 28.9 Å². The minimum absolute atomic E-state index is 0.0311. The fourth-order valence-electron chi connectivity index (χ4n) is 3.87. The number of aliphatic hydroxyl groups is 1. The van der Waals surface area contributed by atoms with E-state index in [1.54, 1.807) is 18.3 Å². The predicted molar refractivity (Wildman–Crippen MR) is 104 cm³/mol. The highest BCUT2D eigenvalue weighted by molar-refractivity contribution is 6.01. The van der Waals surface area contributed by atoms with Gasteiger partial charge in [0.2, 0.25) is 5.75 Å². The van der Waals surface area contributed by atoms with Gasteiger partial charge in [0.1, 0.15) is 0 Å². The van der Waals surface area contributed by atoms with Crippen molar-refractivity contribution in [1.29, 1.82) is 0 Å². The number of ketones is 1. The SMILES string of the molecule is COc1cc(C(=O)C2CC(CCO)(c3ccccn3)CN2)cc(OC)c1OC. The molecular formula is C21H26N2O5. The van der Waals surface area contributed by atoms with Crippen molar-refractivity contribution >= 4 is 5.78 Å². The summed E-state index contributed by atoms with van der Waals surface area (Å²) in [6.07, 6.45) is 2.83. The van der Waals surface area contributed by atoms with E-state index in [2.05, 4.69) is 10.3 Å². The molecular weight excluding hydrogens is 360 g/mol. The van der Waals surface area contributed by atoms with Gasteiger partial charge in [-0.05, 0) is 37.1 Å². The van der Waals surface area contributed by atoms with Gasteiger partial charge in [0, 0.05) is 36.0 Å². The van der Waals surface area contributed by atoms with Gasteiger partial charge in [-0.2, -0.15) is 0 Å². The first kappa shape index (κ1) is 20.1. The zero-order valence-electron chi connectivity index (χ0n) is 16.4. The molecule has 2 N–H and O–H groups in total. The monoisotopic (exact) mass is 386 g/mol. The molecule has 2 aromatic rings. The second-order valence-electron chi connectivity index (χ2n) is 6.88. The van der Waals surface area contributed by atoms with Crippen LogP contribution >= 0.6 is 0 Å². The van der Waals surface area contributed by atoms with Crippen LogP contribution in [0.25, 0.3) is 0 Å². The number of rotatable bonds is 8. The van der Waals surface area contributed by atoms with Gasteiger partial charge < -0.3 is 24.6 Å². The smallest absolute Gasteiger partial charge is 0.203 e. The molecule has 3 rings (SSSR count). The van der Waals surface area contributed by atoms with Crippen molar-refractivity contribution in [3.63, 3.8) is 0 Å². The summed E-state index contributed by atoms with van der Waals surface area (Å²) in [7, 11) is 4.57. The van der Waals surface area contributed by atoms with E-state index in [0.29, 0.717) is 42.2 Å². The standard InChI is InChI=1S/C21H26N2O5/c1-26-16-10-14(11-17(27-2)20(16)28-3)19(25)15-12-21(7-9-24,13-23-15)18-6-4-5-8-22-18/h4-6,8,10-11,15,23-24H,7,9,12-13H2,1-3H3. The molecule has 2 heterocycles. The van der Waals surface area contributed by atoms with Crippen molar-refractivity contribution in [3.8, 4) is 17.2 Å². The van der Waals surface area contributed by atoms with Crippen molar-refractivity contribution < 1.29 is 24.1 Å². The van der Waals surface area contributed by atoms with E-state index in [9.17, 15) is 9.90 Å². The summed E-state index contributed by atoms with van der Waals surface area (Å²) in [6, 6.07) is 8.67. The molecule has 0 radical (unpaired) electrons. The number of nitrogens with zero attached hydrogens (tertiary/aromatic N) is 1. The van der Waals surface area contributed by atoms with Crippen molar-refractivity contribution in [2.75, 3.05) is 34.5 Å². The molecule has 2 unspecified atom stereocenters. The summed E-state index contributed by atoms with van der Waals surface area (Å²) in [4.78, 5) is 17.7. The van der Waals surface area contributed by atoms with Crippen LogP contribution in [0.3, 0.4) is 0 Å². The molecule has 1 aliphatic rings. The third-order valence-electron chi connectivity index (χ3n) is 5.35. The second-order valence-corrected chi connectivity index (χ2v) is 6.88. The lowest BCUT2D eigenvalue weighted by atomic mass is 9.78. The maximum Gasteiger partial charge on any atom is 0.203 e. The van der Waals surface area contributed by atoms with E-state index in [-0.39, 0.29) is 17.8 Å². The van der Waals surface area contributed by atoms with Crippen LogP contribution in [0.5, 0.6) is 17.2 Å². The highest BCUT2D eigenvalue weighted by Crippen LogP contribution is 2.40. The Kier molecular flexibility index (Phi) is 6.16. The maximum atomic E-state index is 13.2. The molecule has 1 saturated heterocycles. The number of pyridine rings is 1. The van der Waals surface area contributed by atoms with Crippen LogP contribution in [0.4, 0.5) is 0 Å². The number of aromatic nitrogens is 1. The molecule has 1 aromatic carbocycles. The predicted octanol–water partition coefficient (Wildman–Crippen LogP) is 1.97. The number of methoxy groups -OCH3 is 3.